The zero-order valence-corrected chi connectivity index (χ0v) is 14.1. The predicted molar refractivity (Wildman–Crippen MR) is 88.5 cm³/mol. The van der Waals surface area contributed by atoms with Gasteiger partial charge < -0.3 is 10.2 Å². The lowest BCUT2D eigenvalue weighted by molar-refractivity contribution is -0.138. The molecule has 1 amide bonds. The number of likely N-dealkylation sites (tertiary alicyclic amines) is 1. The molecule has 1 aliphatic rings. The Balaban J connectivity index is 1.47. The molecule has 1 aromatic carbocycles. The van der Waals surface area contributed by atoms with Gasteiger partial charge in [0.05, 0.1) is 0 Å². The Hall–Kier alpha value is -2.16. The zero-order valence-electron chi connectivity index (χ0n) is 13.3. The molecule has 25 heavy (non-hydrogen) atoms. The fraction of sp³-hybridized carbons (Fsp3) is 0.438. The smallest absolute Gasteiger partial charge is 0.360 e. The minimum absolute atomic E-state index is 0.0194. The van der Waals surface area contributed by atoms with Gasteiger partial charge >= 0.3 is 6.18 Å². The maximum absolute atomic E-state index is 12.5. The summed E-state index contributed by atoms with van der Waals surface area (Å²) in [5.41, 5.74) is 0.674. The van der Waals surface area contributed by atoms with E-state index in [1.165, 1.54) is 0 Å². The third kappa shape index (κ3) is 4.47. The van der Waals surface area contributed by atoms with E-state index in [4.69, 9.17) is 0 Å². The lowest BCUT2D eigenvalue weighted by atomic mass is 9.96. The topological polar surface area (TPSA) is 58.1 Å². The van der Waals surface area contributed by atoms with E-state index in [0.717, 1.165) is 12.8 Å². The lowest BCUT2D eigenvalue weighted by Crippen LogP contribution is -2.39. The summed E-state index contributed by atoms with van der Waals surface area (Å²) in [7, 11) is 0. The Bertz CT molecular complexity index is 712. The molecule has 0 atom stereocenters. The SMILES string of the molecule is O=C(c1ccccc1)N1CCC(CNc2nnc(C(F)(F)F)s2)CC1. The Morgan fingerprint density at radius 3 is 2.48 bits per heavy atom. The van der Waals surface area contributed by atoms with E-state index >= 15 is 0 Å². The molecule has 0 bridgehead atoms. The second kappa shape index (κ2) is 7.38. The van der Waals surface area contributed by atoms with Crippen molar-refractivity contribution in [2.24, 2.45) is 5.92 Å². The molecular formula is C16H17F3N4OS. The van der Waals surface area contributed by atoms with Gasteiger partial charge in [0, 0.05) is 25.2 Å². The molecule has 0 aliphatic carbocycles. The number of carbonyl (C=O) groups is 1. The van der Waals surface area contributed by atoms with E-state index in [-0.39, 0.29) is 17.0 Å². The van der Waals surface area contributed by atoms with Crippen molar-refractivity contribution in [3.63, 3.8) is 0 Å². The van der Waals surface area contributed by atoms with Gasteiger partial charge in [-0.2, -0.15) is 13.2 Å². The molecule has 2 aromatic rings. The van der Waals surface area contributed by atoms with Crippen molar-refractivity contribution in [3.8, 4) is 0 Å². The van der Waals surface area contributed by atoms with E-state index < -0.39 is 11.2 Å². The maximum atomic E-state index is 12.5. The highest BCUT2D eigenvalue weighted by Crippen LogP contribution is 2.33. The summed E-state index contributed by atoms with van der Waals surface area (Å²) in [6, 6.07) is 9.13. The second-order valence-electron chi connectivity index (χ2n) is 5.89. The maximum Gasteiger partial charge on any atom is 0.445 e. The normalized spacial score (nSPS) is 16.0. The van der Waals surface area contributed by atoms with Crippen LogP contribution in [-0.2, 0) is 6.18 Å². The first-order valence-electron chi connectivity index (χ1n) is 7.92. The molecule has 134 valence electrons. The third-order valence-corrected chi connectivity index (χ3v) is 5.06. The number of amides is 1. The molecule has 3 rings (SSSR count). The monoisotopic (exact) mass is 370 g/mol. The van der Waals surface area contributed by atoms with Crippen LogP contribution in [0.2, 0.25) is 0 Å². The standard InChI is InChI=1S/C16H17F3N4OS/c17-16(18,19)14-21-22-15(25-14)20-10-11-6-8-23(9-7-11)13(24)12-4-2-1-3-5-12/h1-5,11H,6-10H2,(H,20,22). The van der Waals surface area contributed by atoms with Gasteiger partial charge in [0.2, 0.25) is 10.1 Å². The van der Waals surface area contributed by atoms with Crippen molar-refractivity contribution < 1.29 is 18.0 Å². The fourth-order valence-corrected chi connectivity index (χ4v) is 3.36. The van der Waals surface area contributed by atoms with Gasteiger partial charge in [0.15, 0.2) is 0 Å². The molecule has 0 unspecified atom stereocenters. The number of alkyl halides is 3. The molecule has 0 saturated carbocycles. The highest BCUT2D eigenvalue weighted by atomic mass is 32.1. The highest BCUT2D eigenvalue weighted by Gasteiger charge is 2.35. The number of nitrogens with zero attached hydrogens (tertiary/aromatic N) is 3. The molecular weight excluding hydrogens is 353 g/mol. The van der Waals surface area contributed by atoms with Crippen molar-refractivity contribution in [1.29, 1.82) is 0 Å². The summed E-state index contributed by atoms with van der Waals surface area (Å²) in [6.45, 7) is 1.81. The summed E-state index contributed by atoms with van der Waals surface area (Å²) in [5, 5.41) is 8.82. The van der Waals surface area contributed by atoms with Crippen LogP contribution >= 0.6 is 11.3 Å². The summed E-state index contributed by atoms with van der Waals surface area (Å²) < 4.78 is 37.5. The lowest BCUT2D eigenvalue weighted by Gasteiger charge is -2.32. The van der Waals surface area contributed by atoms with Gasteiger partial charge in [0.1, 0.15) is 0 Å². The summed E-state index contributed by atoms with van der Waals surface area (Å²) in [5.74, 6) is 0.309. The predicted octanol–water partition coefficient (Wildman–Crippen LogP) is 3.52. The number of hydrogen-bond donors (Lipinski definition) is 1. The first kappa shape index (κ1) is 17.7. The number of nitrogens with one attached hydrogen (secondary N) is 1. The first-order chi connectivity index (χ1) is 11.9. The molecule has 0 radical (unpaired) electrons. The molecule has 1 fully saturated rings. The van der Waals surface area contributed by atoms with Gasteiger partial charge in [-0.1, -0.05) is 29.5 Å². The van der Waals surface area contributed by atoms with E-state index in [1.54, 1.807) is 12.1 Å². The zero-order chi connectivity index (χ0) is 17.9. The molecule has 1 saturated heterocycles. The molecule has 9 heteroatoms. The highest BCUT2D eigenvalue weighted by molar-refractivity contribution is 7.15. The van der Waals surface area contributed by atoms with Crippen molar-refractivity contribution in [2.75, 3.05) is 25.0 Å². The van der Waals surface area contributed by atoms with Crippen LogP contribution in [0, 0.1) is 5.92 Å². The minimum Gasteiger partial charge on any atom is -0.360 e. The van der Waals surface area contributed by atoms with E-state index in [1.807, 2.05) is 23.1 Å². The number of piperidine rings is 1. The molecule has 1 aliphatic heterocycles. The van der Waals surface area contributed by atoms with E-state index in [9.17, 15) is 18.0 Å². The second-order valence-corrected chi connectivity index (χ2v) is 6.87. The van der Waals surface area contributed by atoms with Gasteiger partial charge in [-0.25, -0.2) is 0 Å². The Morgan fingerprint density at radius 1 is 1.20 bits per heavy atom. The van der Waals surface area contributed by atoms with Crippen LogP contribution in [0.4, 0.5) is 18.3 Å². The molecule has 2 heterocycles. The minimum atomic E-state index is -4.46. The Morgan fingerprint density at radius 2 is 1.88 bits per heavy atom. The number of anilines is 1. The third-order valence-electron chi connectivity index (χ3n) is 4.13. The number of benzene rings is 1. The van der Waals surface area contributed by atoms with Crippen molar-refractivity contribution in [2.45, 2.75) is 19.0 Å². The quantitative estimate of drug-likeness (QED) is 0.895. The average Bonchev–Trinajstić information content (AvgIpc) is 3.10. The van der Waals surface area contributed by atoms with E-state index in [2.05, 4.69) is 15.5 Å². The number of aromatic nitrogens is 2. The van der Waals surface area contributed by atoms with Crippen LogP contribution in [-0.4, -0.2) is 40.6 Å². The summed E-state index contributed by atoms with van der Waals surface area (Å²) in [6.07, 6.45) is -2.85. The van der Waals surface area contributed by atoms with Gasteiger partial charge in [0.25, 0.3) is 5.91 Å². The number of rotatable bonds is 4. The van der Waals surface area contributed by atoms with Crippen LogP contribution in [0.25, 0.3) is 0 Å². The Labute approximate surface area is 146 Å². The number of halogens is 3. The van der Waals surface area contributed by atoms with Gasteiger partial charge in [-0.05, 0) is 30.9 Å². The van der Waals surface area contributed by atoms with Crippen molar-refractivity contribution in [3.05, 3.63) is 40.9 Å². The van der Waals surface area contributed by atoms with Crippen LogP contribution in [0.1, 0.15) is 28.2 Å². The summed E-state index contributed by atoms with van der Waals surface area (Å²) in [4.78, 5) is 14.2. The number of hydrogen-bond acceptors (Lipinski definition) is 5. The van der Waals surface area contributed by atoms with Crippen LogP contribution < -0.4 is 5.32 Å². The molecule has 1 N–H and O–H groups in total. The Kier molecular flexibility index (Phi) is 5.22. The van der Waals surface area contributed by atoms with Crippen LogP contribution in [0.5, 0.6) is 0 Å². The molecule has 5 nitrogen and oxygen atoms in total. The summed E-state index contributed by atoms with van der Waals surface area (Å²) >= 11 is 0.508. The fourth-order valence-electron chi connectivity index (χ4n) is 2.74. The molecule has 0 spiro atoms. The van der Waals surface area contributed by atoms with Gasteiger partial charge in [-0.15, -0.1) is 10.2 Å². The van der Waals surface area contributed by atoms with Crippen molar-refractivity contribution in [1.82, 2.24) is 15.1 Å². The molecule has 1 aromatic heterocycles. The number of carbonyl (C=O) groups excluding carboxylic acids is 1. The average molecular weight is 370 g/mol. The largest absolute Gasteiger partial charge is 0.445 e. The first-order valence-corrected chi connectivity index (χ1v) is 8.74. The van der Waals surface area contributed by atoms with Gasteiger partial charge in [-0.3, -0.25) is 4.79 Å². The van der Waals surface area contributed by atoms with Crippen molar-refractivity contribution >= 4 is 22.4 Å². The van der Waals surface area contributed by atoms with E-state index in [0.29, 0.717) is 36.5 Å². The van der Waals surface area contributed by atoms with Crippen LogP contribution in [0.3, 0.4) is 0 Å². The van der Waals surface area contributed by atoms with Crippen LogP contribution in [0.15, 0.2) is 30.3 Å².